The normalized spacial score (nSPS) is 23.4. The summed E-state index contributed by atoms with van der Waals surface area (Å²) in [6.07, 6.45) is 0.565. The zero-order valence-corrected chi connectivity index (χ0v) is 11.1. The molecule has 1 aliphatic rings. The number of imide groups is 1. The Balaban J connectivity index is 2.30. The van der Waals surface area contributed by atoms with Crippen molar-refractivity contribution in [3.8, 4) is 0 Å². The number of urea groups is 1. The molecule has 1 unspecified atom stereocenters. The fraction of sp³-hybridized carbons (Fsp3) is 0.385. The van der Waals surface area contributed by atoms with Gasteiger partial charge in [-0.2, -0.15) is 0 Å². The lowest BCUT2D eigenvalue weighted by molar-refractivity contribution is -0.126. The first-order valence-electron chi connectivity index (χ1n) is 5.85. The maximum Gasteiger partial charge on any atom is 0.325 e. The zero-order valence-electron chi connectivity index (χ0n) is 10.4. The SMILES string of the molecule is CCC1(C)C(=O)NC(=O)N1Cc1ccccc1Cl. The first-order valence-corrected chi connectivity index (χ1v) is 6.23. The molecule has 4 nitrogen and oxygen atoms in total. The minimum Gasteiger partial charge on any atom is -0.306 e. The summed E-state index contributed by atoms with van der Waals surface area (Å²) in [5.41, 5.74) is 0.0414. The van der Waals surface area contributed by atoms with Crippen molar-refractivity contribution in [1.82, 2.24) is 10.2 Å². The van der Waals surface area contributed by atoms with Gasteiger partial charge in [0.05, 0.1) is 0 Å². The highest BCUT2D eigenvalue weighted by Crippen LogP contribution is 2.28. The van der Waals surface area contributed by atoms with Crippen LogP contribution >= 0.6 is 11.6 Å². The van der Waals surface area contributed by atoms with E-state index in [-0.39, 0.29) is 11.9 Å². The molecule has 0 spiro atoms. The summed E-state index contributed by atoms with van der Waals surface area (Å²) in [6.45, 7) is 3.99. The summed E-state index contributed by atoms with van der Waals surface area (Å²) in [6, 6.07) is 6.97. The number of nitrogens with zero attached hydrogens (tertiary/aromatic N) is 1. The predicted molar refractivity (Wildman–Crippen MR) is 69.2 cm³/mol. The van der Waals surface area contributed by atoms with Crippen molar-refractivity contribution in [1.29, 1.82) is 0 Å². The van der Waals surface area contributed by atoms with Crippen molar-refractivity contribution in [2.75, 3.05) is 0 Å². The Hall–Kier alpha value is -1.55. The van der Waals surface area contributed by atoms with E-state index in [2.05, 4.69) is 5.32 Å². The van der Waals surface area contributed by atoms with Crippen LogP contribution < -0.4 is 5.32 Å². The van der Waals surface area contributed by atoms with Gasteiger partial charge in [0.2, 0.25) is 0 Å². The third kappa shape index (κ3) is 1.97. The van der Waals surface area contributed by atoms with Gasteiger partial charge in [0.1, 0.15) is 5.54 Å². The summed E-state index contributed by atoms with van der Waals surface area (Å²) in [5, 5.41) is 2.95. The van der Waals surface area contributed by atoms with Crippen LogP contribution in [0.15, 0.2) is 24.3 Å². The molecule has 1 N–H and O–H groups in total. The largest absolute Gasteiger partial charge is 0.325 e. The van der Waals surface area contributed by atoms with Crippen LogP contribution in [0, 0.1) is 0 Å². The minimum atomic E-state index is -0.795. The van der Waals surface area contributed by atoms with Crippen LogP contribution in [0.3, 0.4) is 0 Å². The van der Waals surface area contributed by atoms with Crippen molar-refractivity contribution in [3.63, 3.8) is 0 Å². The van der Waals surface area contributed by atoms with Gasteiger partial charge in [0.15, 0.2) is 0 Å². The number of carbonyl (C=O) groups is 2. The molecule has 3 amide bonds. The molecule has 1 aliphatic heterocycles. The molecule has 1 aromatic carbocycles. The number of hydrogen-bond acceptors (Lipinski definition) is 2. The average molecular weight is 267 g/mol. The van der Waals surface area contributed by atoms with Gasteiger partial charge in [-0.1, -0.05) is 36.7 Å². The maximum atomic E-state index is 11.8. The molecule has 0 saturated carbocycles. The third-order valence-corrected chi connectivity index (χ3v) is 3.89. The molecule has 0 aliphatic carbocycles. The van der Waals surface area contributed by atoms with Crippen molar-refractivity contribution < 1.29 is 9.59 Å². The second-order valence-electron chi connectivity index (χ2n) is 4.56. The number of rotatable bonds is 3. The highest BCUT2D eigenvalue weighted by molar-refractivity contribution is 6.31. The van der Waals surface area contributed by atoms with Crippen LogP contribution in [-0.2, 0) is 11.3 Å². The summed E-state index contributed by atoms with van der Waals surface area (Å²) < 4.78 is 0. The van der Waals surface area contributed by atoms with Crippen molar-refractivity contribution in [3.05, 3.63) is 34.9 Å². The molecule has 2 rings (SSSR count). The van der Waals surface area contributed by atoms with Crippen LogP contribution in [0.2, 0.25) is 5.02 Å². The van der Waals surface area contributed by atoms with E-state index < -0.39 is 5.54 Å². The molecular weight excluding hydrogens is 252 g/mol. The molecule has 0 aromatic heterocycles. The van der Waals surface area contributed by atoms with Crippen LogP contribution in [0.5, 0.6) is 0 Å². The summed E-state index contributed by atoms with van der Waals surface area (Å²) >= 11 is 6.08. The van der Waals surface area contributed by atoms with Crippen LogP contribution in [-0.4, -0.2) is 22.4 Å². The second-order valence-corrected chi connectivity index (χ2v) is 4.97. The quantitative estimate of drug-likeness (QED) is 0.855. The molecule has 1 saturated heterocycles. The van der Waals surface area contributed by atoms with Gasteiger partial charge in [-0.3, -0.25) is 10.1 Å². The van der Waals surface area contributed by atoms with E-state index in [0.717, 1.165) is 5.56 Å². The summed E-state index contributed by atoms with van der Waals surface area (Å²) in [4.78, 5) is 25.2. The van der Waals surface area contributed by atoms with Gasteiger partial charge in [0.25, 0.3) is 5.91 Å². The van der Waals surface area contributed by atoms with Gasteiger partial charge < -0.3 is 4.90 Å². The van der Waals surface area contributed by atoms with Gasteiger partial charge in [-0.25, -0.2) is 4.79 Å². The van der Waals surface area contributed by atoms with E-state index in [0.29, 0.717) is 18.0 Å². The standard InChI is InChI=1S/C13H15ClN2O2/c1-3-13(2)11(17)15-12(18)16(13)8-9-6-4-5-7-10(9)14/h4-7H,3,8H2,1-2H3,(H,15,17,18). The summed E-state index contributed by atoms with van der Waals surface area (Å²) in [7, 11) is 0. The lowest BCUT2D eigenvalue weighted by atomic mass is 9.97. The van der Waals surface area contributed by atoms with E-state index in [9.17, 15) is 9.59 Å². The monoisotopic (exact) mass is 266 g/mol. The smallest absolute Gasteiger partial charge is 0.306 e. The molecule has 1 heterocycles. The first-order chi connectivity index (χ1) is 8.49. The Morgan fingerprint density at radius 3 is 2.61 bits per heavy atom. The molecule has 1 fully saturated rings. The predicted octanol–water partition coefficient (Wildman–Crippen LogP) is 2.56. The number of carbonyl (C=O) groups excluding carboxylic acids is 2. The molecular formula is C13H15ClN2O2. The van der Waals surface area contributed by atoms with Crippen LogP contribution in [0.25, 0.3) is 0 Å². The highest BCUT2D eigenvalue weighted by atomic mass is 35.5. The highest BCUT2D eigenvalue weighted by Gasteiger charge is 2.47. The maximum absolute atomic E-state index is 11.8. The molecule has 18 heavy (non-hydrogen) atoms. The lowest BCUT2D eigenvalue weighted by Crippen LogP contribution is -2.46. The Labute approximate surface area is 111 Å². The van der Waals surface area contributed by atoms with Crippen molar-refractivity contribution in [2.24, 2.45) is 0 Å². The first kappa shape index (κ1) is 12.9. The van der Waals surface area contributed by atoms with E-state index in [1.165, 1.54) is 4.90 Å². The number of nitrogens with one attached hydrogen (secondary N) is 1. The van der Waals surface area contributed by atoms with E-state index >= 15 is 0 Å². The summed E-state index contributed by atoms with van der Waals surface area (Å²) in [5.74, 6) is -0.248. The number of hydrogen-bond donors (Lipinski definition) is 1. The number of benzene rings is 1. The zero-order chi connectivity index (χ0) is 13.3. The molecule has 0 radical (unpaired) electrons. The number of amides is 3. The minimum absolute atomic E-state index is 0.248. The average Bonchev–Trinajstić information content (AvgIpc) is 2.56. The van der Waals surface area contributed by atoms with Gasteiger partial charge in [-0.15, -0.1) is 0 Å². The Morgan fingerprint density at radius 1 is 1.33 bits per heavy atom. The fourth-order valence-corrected chi connectivity index (χ4v) is 2.24. The van der Waals surface area contributed by atoms with E-state index in [4.69, 9.17) is 11.6 Å². The topological polar surface area (TPSA) is 49.4 Å². The van der Waals surface area contributed by atoms with Crippen LogP contribution in [0.1, 0.15) is 25.8 Å². The molecule has 1 aromatic rings. The Bertz CT molecular complexity index is 504. The van der Waals surface area contributed by atoms with Gasteiger partial charge in [0, 0.05) is 11.6 Å². The van der Waals surface area contributed by atoms with Gasteiger partial charge in [-0.05, 0) is 25.0 Å². The van der Waals surface area contributed by atoms with Gasteiger partial charge >= 0.3 is 6.03 Å². The van der Waals surface area contributed by atoms with E-state index in [1.54, 1.807) is 13.0 Å². The Morgan fingerprint density at radius 2 is 2.00 bits per heavy atom. The van der Waals surface area contributed by atoms with Crippen LogP contribution in [0.4, 0.5) is 4.79 Å². The second kappa shape index (κ2) is 4.61. The molecule has 1 atom stereocenters. The lowest BCUT2D eigenvalue weighted by Gasteiger charge is -2.31. The van der Waals surface area contributed by atoms with Crippen molar-refractivity contribution in [2.45, 2.75) is 32.4 Å². The molecule has 5 heteroatoms. The fourth-order valence-electron chi connectivity index (χ4n) is 2.04. The van der Waals surface area contributed by atoms with E-state index in [1.807, 2.05) is 25.1 Å². The Kier molecular flexibility index (Phi) is 3.30. The molecule has 0 bridgehead atoms. The molecule has 96 valence electrons. The third-order valence-electron chi connectivity index (χ3n) is 3.53. The van der Waals surface area contributed by atoms with Crippen molar-refractivity contribution >= 4 is 23.5 Å². The number of halogens is 1.